The number of nitrogens with one attached hydrogen (secondary N) is 2. The van der Waals surface area contributed by atoms with Gasteiger partial charge in [0.25, 0.3) is 0 Å². The molecule has 21 heavy (non-hydrogen) atoms. The number of fused-ring (bicyclic) bond motifs is 1. The molecule has 1 aliphatic carbocycles. The van der Waals surface area contributed by atoms with Gasteiger partial charge >= 0.3 is 0 Å². The van der Waals surface area contributed by atoms with Crippen molar-refractivity contribution >= 4 is 10.0 Å². The minimum absolute atomic E-state index is 0.307. The molecular weight excluding hydrogens is 288 g/mol. The molecule has 112 valence electrons. The first kappa shape index (κ1) is 14.2. The molecule has 0 unspecified atom stereocenters. The Hall–Kier alpha value is -1.73. The van der Waals surface area contributed by atoms with Crippen LogP contribution in [0.15, 0.2) is 29.4 Å². The molecule has 1 aromatic heterocycles. The van der Waals surface area contributed by atoms with Gasteiger partial charge in [-0.15, -0.1) is 0 Å². The highest BCUT2D eigenvalue weighted by atomic mass is 32.2. The van der Waals surface area contributed by atoms with E-state index in [1.807, 2.05) is 12.1 Å². The Balaban J connectivity index is 1.75. The van der Waals surface area contributed by atoms with Crippen molar-refractivity contribution in [3.8, 4) is 0 Å². The van der Waals surface area contributed by atoms with Crippen LogP contribution in [-0.4, -0.2) is 30.1 Å². The highest BCUT2D eigenvalue weighted by molar-refractivity contribution is 7.89. The summed E-state index contributed by atoms with van der Waals surface area (Å²) in [4.78, 5) is 4.41. The van der Waals surface area contributed by atoms with Crippen molar-refractivity contribution in [1.29, 1.82) is 0 Å². The first-order valence-electron chi connectivity index (χ1n) is 7.11. The highest BCUT2D eigenvalue weighted by Gasteiger charge is 2.21. The molecule has 1 heterocycles. The average molecular weight is 306 g/mol. The molecule has 0 amide bonds. The Morgan fingerprint density at radius 1 is 1.24 bits per heavy atom. The zero-order valence-corrected chi connectivity index (χ0v) is 12.5. The lowest BCUT2D eigenvalue weighted by Gasteiger charge is -2.19. The molecule has 2 aromatic rings. The van der Waals surface area contributed by atoms with Crippen LogP contribution in [-0.2, 0) is 29.3 Å². The molecule has 0 radical (unpaired) electrons. The molecule has 7 heteroatoms. The van der Waals surface area contributed by atoms with Crippen molar-refractivity contribution in [3.63, 3.8) is 0 Å². The van der Waals surface area contributed by atoms with Gasteiger partial charge in [-0.05, 0) is 42.9 Å². The number of benzene rings is 1. The molecule has 0 spiro atoms. The smallest absolute Gasteiger partial charge is 0.240 e. The van der Waals surface area contributed by atoms with E-state index in [1.165, 1.54) is 11.9 Å². The topological polar surface area (TPSA) is 87.7 Å². The van der Waals surface area contributed by atoms with Crippen molar-refractivity contribution in [1.82, 2.24) is 19.9 Å². The normalized spacial score (nSPS) is 14.9. The fourth-order valence-corrected chi connectivity index (χ4v) is 4.07. The third-order valence-electron chi connectivity index (χ3n) is 3.76. The largest absolute Gasteiger partial charge is 0.263 e. The lowest BCUT2D eigenvalue weighted by Crippen LogP contribution is -2.27. The monoisotopic (exact) mass is 306 g/mol. The molecule has 0 aliphatic heterocycles. The summed E-state index contributed by atoms with van der Waals surface area (Å²) in [5.41, 5.74) is 2.15. The Morgan fingerprint density at radius 2 is 2.10 bits per heavy atom. The van der Waals surface area contributed by atoms with Crippen LogP contribution < -0.4 is 4.72 Å². The first-order valence-corrected chi connectivity index (χ1v) is 8.60. The number of aromatic nitrogens is 3. The quantitative estimate of drug-likeness (QED) is 0.869. The standard InChI is InChI=1S/C14H18N4O2S/c19-21(20,17-9-8-14-15-10-16-18-14)13-7-3-5-11-4-1-2-6-12(11)13/h3,5,7,10,17H,1-2,4,6,8-9H2,(H,15,16,18). The highest BCUT2D eigenvalue weighted by Crippen LogP contribution is 2.27. The Morgan fingerprint density at radius 3 is 2.90 bits per heavy atom. The van der Waals surface area contributed by atoms with Gasteiger partial charge in [0.05, 0.1) is 4.90 Å². The minimum atomic E-state index is -3.47. The molecular formula is C14H18N4O2S. The summed E-state index contributed by atoms with van der Waals surface area (Å²) in [6, 6.07) is 5.55. The van der Waals surface area contributed by atoms with Gasteiger partial charge in [0.2, 0.25) is 10.0 Å². The average Bonchev–Trinajstić information content (AvgIpc) is 3.00. The summed E-state index contributed by atoms with van der Waals surface area (Å²) in [5.74, 6) is 0.674. The van der Waals surface area contributed by atoms with Crippen LogP contribution in [0.3, 0.4) is 0 Å². The van der Waals surface area contributed by atoms with E-state index in [9.17, 15) is 8.42 Å². The van der Waals surface area contributed by atoms with Crippen molar-refractivity contribution in [3.05, 3.63) is 41.5 Å². The SMILES string of the molecule is O=S(=O)(NCCc1ncn[nH]1)c1cccc2c1CCCC2. The van der Waals surface area contributed by atoms with Crippen LogP contribution in [0.25, 0.3) is 0 Å². The van der Waals surface area contributed by atoms with Gasteiger partial charge in [-0.25, -0.2) is 18.1 Å². The Bertz CT molecular complexity index is 711. The second-order valence-corrected chi connectivity index (χ2v) is 6.92. The van der Waals surface area contributed by atoms with Crippen LogP contribution in [0.5, 0.6) is 0 Å². The zero-order valence-electron chi connectivity index (χ0n) is 11.7. The molecule has 0 fully saturated rings. The van der Waals surface area contributed by atoms with Gasteiger partial charge in [0.15, 0.2) is 0 Å². The third kappa shape index (κ3) is 3.14. The van der Waals surface area contributed by atoms with Gasteiger partial charge in [-0.1, -0.05) is 12.1 Å². The van der Waals surface area contributed by atoms with E-state index in [2.05, 4.69) is 19.9 Å². The van der Waals surface area contributed by atoms with Crippen molar-refractivity contribution in [2.75, 3.05) is 6.54 Å². The van der Waals surface area contributed by atoms with Gasteiger partial charge in [0, 0.05) is 13.0 Å². The number of aryl methyl sites for hydroxylation is 1. The maximum Gasteiger partial charge on any atom is 0.240 e. The number of H-pyrrole nitrogens is 1. The lowest BCUT2D eigenvalue weighted by molar-refractivity contribution is 0.576. The van der Waals surface area contributed by atoms with E-state index in [1.54, 1.807) is 6.07 Å². The minimum Gasteiger partial charge on any atom is -0.263 e. The van der Waals surface area contributed by atoms with E-state index < -0.39 is 10.0 Å². The number of hydrogen-bond acceptors (Lipinski definition) is 4. The van der Waals surface area contributed by atoms with Crippen LogP contribution in [0, 0.1) is 0 Å². The molecule has 0 bridgehead atoms. The van der Waals surface area contributed by atoms with E-state index >= 15 is 0 Å². The fraction of sp³-hybridized carbons (Fsp3) is 0.429. The number of nitrogens with zero attached hydrogens (tertiary/aromatic N) is 2. The summed E-state index contributed by atoms with van der Waals surface area (Å²) in [6.45, 7) is 0.307. The number of sulfonamides is 1. The summed E-state index contributed by atoms with van der Waals surface area (Å²) < 4.78 is 27.6. The second kappa shape index (κ2) is 5.95. The predicted molar refractivity (Wildman–Crippen MR) is 78.4 cm³/mol. The van der Waals surface area contributed by atoms with Gasteiger partial charge in [-0.3, -0.25) is 5.10 Å². The molecule has 0 atom stereocenters. The van der Waals surface area contributed by atoms with E-state index in [0.29, 0.717) is 23.7 Å². The van der Waals surface area contributed by atoms with Crippen LogP contribution >= 0.6 is 0 Å². The molecule has 1 aromatic carbocycles. The zero-order chi connectivity index (χ0) is 14.7. The molecule has 0 saturated carbocycles. The van der Waals surface area contributed by atoms with Gasteiger partial charge in [0.1, 0.15) is 12.2 Å². The van der Waals surface area contributed by atoms with Crippen molar-refractivity contribution in [2.24, 2.45) is 0 Å². The summed E-state index contributed by atoms with van der Waals surface area (Å²) in [5, 5.41) is 6.46. The molecule has 2 N–H and O–H groups in total. The van der Waals surface area contributed by atoms with Crippen LogP contribution in [0.1, 0.15) is 29.8 Å². The summed E-state index contributed by atoms with van der Waals surface area (Å²) in [7, 11) is -3.47. The Kier molecular flexibility index (Phi) is 4.03. The van der Waals surface area contributed by atoms with Crippen molar-refractivity contribution in [2.45, 2.75) is 37.0 Å². The predicted octanol–water partition coefficient (Wildman–Crippen LogP) is 1.20. The van der Waals surface area contributed by atoms with Crippen LogP contribution in [0.2, 0.25) is 0 Å². The van der Waals surface area contributed by atoms with E-state index in [-0.39, 0.29) is 0 Å². The summed E-state index contributed by atoms with van der Waals surface area (Å²) >= 11 is 0. The molecule has 1 aliphatic rings. The van der Waals surface area contributed by atoms with Crippen molar-refractivity contribution < 1.29 is 8.42 Å². The fourth-order valence-electron chi connectivity index (χ4n) is 2.73. The van der Waals surface area contributed by atoms with Gasteiger partial charge in [-0.2, -0.15) is 5.10 Å². The number of aromatic amines is 1. The molecule has 0 saturated heterocycles. The maximum absolute atomic E-state index is 12.5. The number of hydrogen-bond donors (Lipinski definition) is 2. The molecule has 6 nitrogen and oxygen atoms in total. The molecule has 3 rings (SSSR count). The van der Waals surface area contributed by atoms with Gasteiger partial charge < -0.3 is 0 Å². The Labute approximate surface area is 124 Å². The first-order chi connectivity index (χ1) is 10.2. The van der Waals surface area contributed by atoms with Crippen LogP contribution in [0.4, 0.5) is 0 Å². The number of rotatable bonds is 5. The van der Waals surface area contributed by atoms with E-state index in [0.717, 1.165) is 31.2 Å². The lowest BCUT2D eigenvalue weighted by atomic mass is 9.92. The second-order valence-electron chi connectivity index (χ2n) is 5.18. The van der Waals surface area contributed by atoms with E-state index in [4.69, 9.17) is 0 Å². The summed E-state index contributed by atoms with van der Waals surface area (Å²) in [6.07, 6.45) is 5.91. The third-order valence-corrected chi connectivity index (χ3v) is 5.31. The maximum atomic E-state index is 12.5.